The van der Waals surface area contributed by atoms with Gasteiger partial charge in [-0.1, -0.05) is 36.4 Å². The summed E-state index contributed by atoms with van der Waals surface area (Å²) in [5, 5.41) is 0. The molecule has 1 nitrogen and oxygen atoms in total. The molecule has 0 radical (unpaired) electrons. The molecule has 1 aliphatic heterocycles. The van der Waals surface area contributed by atoms with Crippen LogP contribution in [-0.2, 0) is 0 Å². The predicted molar refractivity (Wildman–Crippen MR) is 65.1 cm³/mol. The van der Waals surface area contributed by atoms with E-state index in [0.29, 0.717) is 0 Å². The lowest BCUT2D eigenvalue weighted by atomic mass is 9.91. The molecule has 0 unspecified atom stereocenters. The molecule has 2 rings (SSSR count). The molecule has 1 aromatic carbocycles. The number of rotatable bonds is 3. The van der Waals surface area contributed by atoms with Gasteiger partial charge in [0.15, 0.2) is 0 Å². The molecule has 1 saturated heterocycles. The van der Waals surface area contributed by atoms with E-state index in [9.17, 15) is 0 Å². The van der Waals surface area contributed by atoms with Crippen LogP contribution in [-0.4, -0.2) is 24.5 Å². The van der Waals surface area contributed by atoms with Crippen molar-refractivity contribution in [1.29, 1.82) is 0 Å². The molecule has 1 heterocycles. The molecular formula is C14H19N. The second kappa shape index (κ2) is 5.13. The van der Waals surface area contributed by atoms with Gasteiger partial charge < -0.3 is 0 Å². The second-order valence-corrected chi connectivity index (χ2v) is 4.30. The summed E-state index contributed by atoms with van der Waals surface area (Å²) in [4.78, 5) is 2.49. The molecule has 1 fully saturated rings. The van der Waals surface area contributed by atoms with Gasteiger partial charge in [0.05, 0.1) is 0 Å². The fourth-order valence-corrected chi connectivity index (χ4v) is 2.40. The van der Waals surface area contributed by atoms with Crippen LogP contribution in [0.3, 0.4) is 0 Å². The van der Waals surface area contributed by atoms with E-state index in [4.69, 9.17) is 0 Å². The highest BCUT2D eigenvalue weighted by Gasteiger charge is 2.19. The SMILES string of the molecule is C=CCN1CCC[C@@H](c2ccccc2)C1. The topological polar surface area (TPSA) is 3.24 Å². The first-order valence-corrected chi connectivity index (χ1v) is 5.78. The van der Waals surface area contributed by atoms with Crippen molar-refractivity contribution in [2.24, 2.45) is 0 Å². The third-order valence-corrected chi connectivity index (χ3v) is 3.16. The van der Waals surface area contributed by atoms with Gasteiger partial charge in [0, 0.05) is 13.1 Å². The molecule has 15 heavy (non-hydrogen) atoms. The first-order valence-electron chi connectivity index (χ1n) is 5.78. The lowest BCUT2D eigenvalue weighted by molar-refractivity contribution is 0.228. The van der Waals surface area contributed by atoms with Gasteiger partial charge in [0.2, 0.25) is 0 Å². The van der Waals surface area contributed by atoms with Crippen LogP contribution < -0.4 is 0 Å². The van der Waals surface area contributed by atoms with Crippen molar-refractivity contribution in [3.8, 4) is 0 Å². The van der Waals surface area contributed by atoms with Crippen LogP contribution in [0.4, 0.5) is 0 Å². The molecule has 0 aromatic heterocycles. The molecule has 0 aliphatic carbocycles. The molecule has 0 amide bonds. The predicted octanol–water partition coefficient (Wildman–Crippen LogP) is 3.05. The summed E-state index contributed by atoms with van der Waals surface area (Å²) in [5.74, 6) is 0.722. The Hall–Kier alpha value is -1.08. The molecule has 0 spiro atoms. The van der Waals surface area contributed by atoms with E-state index in [2.05, 4.69) is 41.8 Å². The Kier molecular flexibility index (Phi) is 3.57. The van der Waals surface area contributed by atoms with Crippen molar-refractivity contribution in [1.82, 2.24) is 4.90 Å². The Labute approximate surface area is 92.4 Å². The Balaban J connectivity index is 2.01. The normalized spacial score (nSPS) is 22.5. The van der Waals surface area contributed by atoms with Gasteiger partial charge in [-0.05, 0) is 30.9 Å². The summed E-state index contributed by atoms with van der Waals surface area (Å²) >= 11 is 0. The van der Waals surface area contributed by atoms with Gasteiger partial charge in [0.25, 0.3) is 0 Å². The summed E-state index contributed by atoms with van der Waals surface area (Å²) in [7, 11) is 0. The molecule has 80 valence electrons. The van der Waals surface area contributed by atoms with Gasteiger partial charge >= 0.3 is 0 Å². The van der Waals surface area contributed by atoms with Crippen molar-refractivity contribution in [3.05, 3.63) is 48.6 Å². The Morgan fingerprint density at radius 3 is 2.87 bits per heavy atom. The number of likely N-dealkylation sites (tertiary alicyclic amines) is 1. The van der Waals surface area contributed by atoms with E-state index < -0.39 is 0 Å². The fraction of sp³-hybridized carbons (Fsp3) is 0.429. The van der Waals surface area contributed by atoms with Gasteiger partial charge in [-0.3, -0.25) is 4.90 Å². The van der Waals surface area contributed by atoms with E-state index in [1.807, 2.05) is 6.08 Å². The number of benzene rings is 1. The van der Waals surface area contributed by atoms with Crippen molar-refractivity contribution in [2.75, 3.05) is 19.6 Å². The minimum atomic E-state index is 0.722. The van der Waals surface area contributed by atoms with Crippen LogP contribution in [0.25, 0.3) is 0 Å². The number of hydrogen-bond donors (Lipinski definition) is 0. The van der Waals surface area contributed by atoms with Crippen LogP contribution in [0.5, 0.6) is 0 Å². The van der Waals surface area contributed by atoms with Crippen LogP contribution in [0.15, 0.2) is 43.0 Å². The van der Waals surface area contributed by atoms with Crippen LogP contribution in [0, 0.1) is 0 Å². The second-order valence-electron chi connectivity index (χ2n) is 4.30. The van der Waals surface area contributed by atoms with Crippen molar-refractivity contribution in [3.63, 3.8) is 0 Å². The minimum Gasteiger partial charge on any atom is -0.299 e. The van der Waals surface area contributed by atoms with Gasteiger partial charge in [0.1, 0.15) is 0 Å². The van der Waals surface area contributed by atoms with Gasteiger partial charge in [-0.25, -0.2) is 0 Å². The van der Waals surface area contributed by atoms with Crippen LogP contribution in [0.2, 0.25) is 0 Å². The third kappa shape index (κ3) is 2.69. The average molecular weight is 201 g/mol. The number of hydrogen-bond acceptors (Lipinski definition) is 1. The van der Waals surface area contributed by atoms with Crippen molar-refractivity contribution < 1.29 is 0 Å². The first-order chi connectivity index (χ1) is 7.40. The maximum Gasteiger partial charge on any atom is 0.0160 e. The summed E-state index contributed by atoms with van der Waals surface area (Å²) in [6, 6.07) is 10.9. The Morgan fingerprint density at radius 2 is 2.13 bits per heavy atom. The Bertz CT molecular complexity index is 304. The average Bonchev–Trinajstić information content (AvgIpc) is 2.31. The summed E-state index contributed by atoms with van der Waals surface area (Å²) in [6.07, 6.45) is 4.65. The maximum absolute atomic E-state index is 3.81. The highest BCUT2D eigenvalue weighted by molar-refractivity contribution is 5.20. The molecule has 1 atom stereocenters. The standard InChI is InChI=1S/C14H19N/c1-2-10-15-11-6-9-14(12-15)13-7-4-3-5-8-13/h2-5,7-8,14H,1,6,9-12H2/t14-/m1/s1. The van der Waals surface area contributed by atoms with Gasteiger partial charge in [-0.15, -0.1) is 6.58 Å². The zero-order valence-corrected chi connectivity index (χ0v) is 9.23. The minimum absolute atomic E-state index is 0.722. The fourth-order valence-electron chi connectivity index (χ4n) is 2.40. The molecule has 1 aromatic rings. The third-order valence-electron chi connectivity index (χ3n) is 3.16. The van der Waals surface area contributed by atoms with E-state index in [1.165, 1.54) is 31.5 Å². The maximum atomic E-state index is 3.81. The lowest BCUT2D eigenvalue weighted by Crippen LogP contribution is -2.34. The largest absolute Gasteiger partial charge is 0.299 e. The first kappa shape index (κ1) is 10.4. The van der Waals surface area contributed by atoms with Gasteiger partial charge in [-0.2, -0.15) is 0 Å². The van der Waals surface area contributed by atoms with Crippen molar-refractivity contribution >= 4 is 0 Å². The Morgan fingerprint density at radius 1 is 1.33 bits per heavy atom. The van der Waals surface area contributed by atoms with Crippen LogP contribution in [0.1, 0.15) is 24.3 Å². The monoisotopic (exact) mass is 201 g/mol. The summed E-state index contributed by atoms with van der Waals surface area (Å²) in [6.45, 7) is 7.26. The molecule has 0 saturated carbocycles. The molecule has 1 aliphatic rings. The highest BCUT2D eigenvalue weighted by Crippen LogP contribution is 2.26. The molecule has 0 N–H and O–H groups in total. The van der Waals surface area contributed by atoms with E-state index in [0.717, 1.165) is 12.5 Å². The quantitative estimate of drug-likeness (QED) is 0.679. The van der Waals surface area contributed by atoms with E-state index in [1.54, 1.807) is 0 Å². The summed E-state index contributed by atoms with van der Waals surface area (Å²) in [5.41, 5.74) is 1.49. The smallest absolute Gasteiger partial charge is 0.0160 e. The molecule has 1 heteroatoms. The summed E-state index contributed by atoms with van der Waals surface area (Å²) < 4.78 is 0. The van der Waals surface area contributed by atoms with E-state index in [-0.39, 0.29) is 0 Å². The lowest BCUT2D eigenvalue weighted by Gasteiger charge is -2.32. The zero-order chi connectivity index (χ0) is 10.5. The van der Waals surface area contributed by atoms with E-state index >= 15 is 0 Å². The molecular weight excluding hydrogens is 182 g/mol. The van der Waals surface area contributed by atoms with Crippen molar-refractivity contribution in [2.45, 2.75) is 18.8 Å². The zero-order valence-electron chi connectivity index (χ0n) is 9.23. The highest BCUT2D eigenvalue weighted by atomic mass is 15.1. The number of piperidine rings is 1. The van der Waals surface area contributed by atoms with Crippen LogP contribution >= 0.6 is 0 Å². The number of nitrogens with zero attached hydrogens (tertiary/aromatic N) is 1. The molecule has 0 bridgehead atoms.